The molecule has 4 aromatic rings. The van der Waals surface area contributed by atoms with Gasteiger partial charge in [-0.15, -0.1) is 0 Å². The molecular weight excluding hydrogens is 1600 g/mol. The highest BCUT2D eigenvalue weighted by Crippen LogP contribution is 2.34. The Kier molecular flexibility index (Phi) is 48.6. The number of allylic oxidation sites excluding steroid dienone is 2. The average Bonchev–Trinajstić information content (AvgIpc) is 0.767. The average molecular weight is 1700 g/mol. The summed E-state index contributed by atoms with van der Waals surface area (Å²) in [5.74, 6) is -2.25. The van der Waals surface area contributed by atoms with Crippen molar-refractivity contribution >= 4 is 121 Å². The number of anilines is 4. The Balaban J connectivity index is 0.000000997. The lowest BCUT2D eigenvalue weighted by molar-refractivity contribution is 0.105. The Bertz CT molecular complexity index is 4170. The van der Waals surface area contributed by atoms with Crippen molar-refractivity contribution in [3.63, 3.8) is 0 Å². The molecule has 634 valence electrons. The highest BCUT2D eigenvalue weighted by atomic mass is 32.2. The number of hydrogen-bond donors (Lipinski definition) is 24. The number of aliphatic hydroxyl groups excluding tert-OH is 15. The van der Waals surface area contributed by atoms with E-state index in [2.05, 4.69) is 21.1 Å². The summed E-state index contributed by atoms with van der Waals surface area (Å²) in [6, 6.07) is 11.2. The molecule has 0 bridgehead atoms. The number of nitrogens with one attached hydrogen (secondary N) is 2. The minimum atomic E-state index is -5.28. The third-order valence-corrected chi connectivity index (χ3v) is 19.3. The van der Waals surface area contributed by atoms with Gasteiger partial charge in [0.1, 0.15) is 19.6 Å². The highest BCUT2D eigenvalue weighted by Gasteiger charge is 2.36. The molecule has 48 heteroatoms. The molecule has 2 aliphatic carbocycles. The summed E-state index contributed by atoms with van der Waals surface area (Å²) in [6.07, 6.45) is 3.56. The van der Waals surface area contributed by atoms with E-state index in [4.69, 9.17) is 88.1 Å². The molecule has 4 aromatic carbocycles. The predicted octanol–water partition coefficient (Wildman–Crippen LogP) is -6.13. The fourth-order valence-electron chi connectivity index (χ4n) is 9.72. The third kappa shape index (κ3) is 36.9. The summed E-state index contributed by atoms with van der Waals surface area (Å²) in [7, 11) is -25.5. The van der Waals surface area contributed by atoms with Gasteiger partial charge in [0.2, 0.25) is 11.6 Å². The van der Waals surface area contributed by atoms with Crippen LogP contribution in [0.15, 0.2) is 101 Å². The standard InChI is InChI=1S/C34H26N6O17S5.5C6H15NO3/c35-20-6-3-18-10-28(61(52,53)54)31(33(41)24(18)12-20)39-37-21-7-4-16(26(13-21)59(46,47)48)1-2-17-5-8-22(14-27(17)60(49,50)51)38-40-32-29(62(55,56)57)11-19-9-23(58(43,44)45)15-25(36)30(19)34(32)42;5*8-4-1-7(2-5-9)3-6-10/h1-15,37-38H,35-36H2,(H,43,44,45)(H,46,47,48)(H,49,50,51)(H,52,53,54)(H,55,56,57);5*8-10H,1-6H2/b2-1+,39-31-,40-32+;;;;;. The quantitative estimate of drug-likeness (QED) is 0.00851. The van der Waals surface area contributed by atoms with Gasteiger partial charge in [0.25, 0.3) is 50.6 Å². The third-order valence-electron chi connectivity index (χ3n) is 14.9. The number of carbonyl (C=O) groups is 2. The number of hydrogen-bond acceptors (Lipinski definition) is 38. The summed E-state index contributed by atoms with van der Waals surface area (Å²) in [4.78, 5) is 30.9. The van der Waals surface area contributed by atoms with Gasteiger partial charge >= 0.3 is 0 Å². The van der Waals surface area contributed by atoms with Crippen molar-refractivity contribution in [1.82, 2.24) is 24.5 Å². The molecule has 0 amide bonds. The van der Waals surface area contributed by atoms with Gasteiger partial charge in [0, 0.05) is 115 Å². The second-order valence-corrected chi connectivity index (χ2v) is 29.9. The van der Waals surface area contributed by atoms with Crippen molar-refractivity contribution in [2.24, 2.45) is 10.2 Å². The first kappa shape index (κ1) is 103. The maximum absolute atomic E-state index is 13.4. The molecule has 0 fully saturated rings. The van der Waals surface area contributed by atoms with Gasteiger partial charge in [-0.25, -0.2) is 0 Å². The summed E-state index contributed by atoms with van der Waals surface area (Å²) < 4.78 is 171. The molecule has 0 spiro atoms. The zero-order chi connectivity index (χ0) is 85.0. The molecule has 0 radical (unpaired) electrons. The summed E-state index contributed by atoms with van der Waals surface area (Å²) in [5.41, 5.74) is 11.7. The zero-order valence-corrected chi connectivity index (χ0v) is 64.6. The Labute approximate surface area is 647 Å². The molecule has 0 aliphatic heterocycles. The smallest absolute Gasteiger partial charge is 0.296 e. The van der Waals surface area contributed by atoms with Crippen LogP contribution < -0.4 is 22.3 Å². The Hall–Kier alpha value is -7.27. The van der Waals surface area contributed by atoms with Crippen LogP contribution in [0.25, 0.3) is 24.3 Å². The largest absolute Gasteiger partial charge is 0.399 e. The number of fused-ring (bicyclic) bond motifs is 2. The van der Waals surface area contributed by atoms with E-state index >= 15 is 0 Å². The van der Waals surface area contributed by atoms with E-state index in [0.717, 1.165) is 54.6 Å². The molecule has 6 rings (SSSR count). The van der Waals surface area contributed by atoms with Crippen molar-refractivity contribution in [2.45, 2.75) is 14.7 Å². The van der Waals surface area contributed by atoms with E-state index in [1.807, 2.05) is 0 Å². The molecule has 0 unspecified atom stereocenters. The number of hydrazone groups is 2. The number of carbonyl (C=O) groups excluding carboxylic acids is 2. The van der Waals surface area contributed by atoms with Gasteiger partial charge in [0.05, 0.1) is 121 Å². The van der Waals surface area contributed by atoms with Crippen LogP contribution in [-0.2, 0) is 50.6 Å². The first-order valence-electron chi connectivity index (χ1n) is 33.4. The number of nitrogens with two attached hydrogens (primary N) is 2. The van der Waals surface area contributed by atoms with E-state index in [9.17, 15) is 74.4 Å². The maximum atomic E-state index is 13.4. The van der Waals surface area contributed by atoms with E-state index in [1.165, 1.54) is 18.2 Å². The highest BCUT2D eigenvalue weighted by molar-refractivity contribution is 7.91. The molecule has 0 heterocycles. The van der Waals surface area contributed by atoms with Crippen LogP contribution in [0.5, 0.6) is 0 Å². The normalized spacial score (nSPS) is 13.8. The lowest BCUT2D eigenvalue weighted by Gasteiger charge is -2.18. The van der Waals surface area contributed by atoms with Gasteiger partial charge in [-0.1, -0.05) is 30.4 Å². The molecular formula is C64H101N11O32S5. The van der Waals surface area contributed by atoms with Crippen molar-refractivity contribution in [3.8, 4) is 0 Å². The van der Waals surface area contributed by atoms with Gasteiger partial charge < -0.3 is 88.1 Å². The van der Waals surface area contributed by atoms with Crippen LogP contribution >= 0.6 is 0 Å². The lowest BCUT2D eigenvalue weighted by Crippen LogP contribution is -2.32. The number of nitrogen functional groups attached to an aromatic ring is 2. The van der Waals surface area contributed by atoms with Crippen molar-refractivity contribution < 1.29 is 151 Å². The number of aliphatic hydroxyl groups is 15. The van der Waals surface area contributed by atoms with Gasteiger partial charge in [-0.2, -0.15) is 52.3 Å². The second-order valence-electron chi connectivity index (χ2n) is 22.9. The number of ketones is 2. The lowest BCUT2D eigenvalue weighted by atomic mass is 9.93. The first-order chi connectivity index (χ1) is 52.8. The van der Waals surface area contributed by atoms with Crippen LogP contribution in [-0.4, -0.2) is 386 Å². The van der Waals surface area contributed by atoms with E-state index in [1.54, 1.807) is 24.5 Å². The van der Waals surface area contributed by atoms with Crippen LogP contribution in [0.2, 0.25) is 0 Å². The van der Waals surface area contributed by atoms with Crippen molar-refractivity contribution in [3.05, 3.63) is 110 Å². The Morgan fingerprint density at radius 2 is 0.625 bits per heavy atom. The van der Waals surface area contributed by atoms with Crippen molar-refractivity contribution in [2.75, 3.05) is 220 Å². The molecule has 0 saturated carbocycles. The fourth-order valence-corrected chi connectivity index (χ4v) is 13.0. The number of benzene rings is 4. The molecule has 112 heavy (non-hydrogen) atoms. The Morgan fingerprint density at radius 3 is 0.893 bits per heavy atom. The van der Waals surface area contributed by atoms with E-state index in [0.29, 0.717) is 116 Å². The molecule has 0 atom stereocenters. The minimum Gasteiger partial charge on any atom is -0.399 e. The van der Waals surface area contributed by atoms with E-state index in [-0.39, 0.29) is 138 Å². The fraction of sp³-hybridized carbons (Fsp3) is 0.469. The number of rotatable bonds is 41. The Morgan fingerprint density at radius 1 is 0.339 bits per heavy atom. The topological polar surface area (TPSA) is 726 Å². The van der Waals surface area contributed by atoms with Gasteiger partial charge in [0.15, 0.2) is 11.4 Å². The first-order valence-corrected chi connectivity index (χ1v) is 40.6. The molecule has 43 nitrogen and oxygen atoms in total. The minimum absolute atomic E-state index is 0.0694. The van der Waals surface area contributed by atoms with Crippen molar-refractivity contribution in [1.29, 1.82) is 0 Å². The SMILES string of the molecule is Nc1ccc2c(c1)C(=O)/C(=N\Nc1ccc(/C=C/c3ccc(N/N=C4/C(=O)c5c(N)cc(S(=O)(=O)O)cc5C=C4S(=O)(=O)O)cc3S(=O)(=O)O)c(S(=O)(=O)O)c1)C(S(=O)(=O)O)=C2.OCCN(CCO)CCO.OCCN(CCO)CCO.OCCN(CCO)CCO.OCCN(CCO)CCO.OCCN(CCO)CCO. The van der Waals surface area contributed by atoms with Gasteiger partial charge in [-0.05, 0) is 82.9 Å². The van der Waals surface area contributed by atoms with Crippen LogP contribution in [0.1, 0.15) is 43.0 Å². The van der Waals surface area contributed by atoms with Gasteiger partial charge in [-0.3, -0.25) is 67.7 Å². The summed E-state index contributed by atoms with van der Waals surface area (Å²) in [6.45, 7) is 8.77. The molecule has 26 N–H and O–H groups in total. The zero-order valence-electron chi connectivity index (χ0n) is 60.5. The van der Waals surface area contributed by atoms with E-state index < -0.39 is 115 Å². The number of nitrogens with zero attached hydrogens (tertiary/aromatic N) is 7. The van der Waals surface area contributed by atoms with Crippen LogP contribution in [0, 0.1) is 0 Å². The number of Topliss-reactive ketones (excluding diaryl/α,β-unsaturated/α-hetero) is 2. The summed E-state index contributed by atoms with van der Waals surface area (Å²) in [5, 5.41) is 135. The molecule has 0 aromatic heterocycles. The van der Waals surface area contributed by atoms with Crippen LogP contribution in [0.3, 0.4) is 0 Å². The predicted molar refractivity (Wildman–Crippen MR) is 411 cm³/mol. The monoisotopic (exact) mass is 1700 g/mol. The second kappa shape index (κ2) is 53.0. The van der Waals surface area contributed by atoms with Crippen LogP contribution in [0.4, 0.5) is 22.7 Å². The summed E-state index contributed by atoms with van der Waals surface area (Å²) >= 11 is 0. The maximum Gasteiger partial charge on any atom is 0.296 e. The molecule has 0 saturated heterocycles. The molecule has 2 aliphatic rings.